The largest absolute Gasteiger partial charge is 0.322 e. The first-order valence-corrected chi connectivity index (χ1v) is 9.16. The quantitative estimate of drug-likeness (QED) is 0.851. The highest BCUT2D eigenvalue weighted by Crippen LogP contribution is 2.30. The van der Waals surface area contributed by atoms with Crippen LogP contribution in [-0.4, -0.2) is 59.8 Å². The molecule has 1 N–H and O–H groups in total. The minimum absolute atomic E-state index is 0.0394. The van der Waals surface area contributed by atoms with Crippen molar-refractivity contribution in [3.05, 3.63) is 18.3 Å². The Morgan fingerprint density at radius 3 is 3.09 bits per heavy atom. The zero-order valence-electron chi connectivity index (χ0n) is 13.3. The lowest BCUT2D eigenvalue weighted by Gasteiger charge is -2.46. The number of piperidine rings is 2. The van der Waals surface area contributed by atoms with Gasteiger partial charge in [0.05, 0.1) is 5.03 Å². The van der Waals surface area contributed by atoms with Crippen LogP contribution in [-0.2, 0) is 0 Å². The number of carbonyl (C=O) groups excluding carboxylic acids is 1. The number of urea groups is 1. The van der Waals surface area contributed by atoms with E-state index < -0.39 is 0 Å². The highest BCUT2D eigenvalue weighted by Gasteiger charge is 2.37. The van der Waals surface area contributed by atoms with Crippen LogP contribution >= 0.6 is 11.8 Å². The molecule has 22 heavy (non-hydrogen) atoms. The number of rotatable bonds is 2. The summed E-state index contributed by atoms with van der Waals surface area (Å²) in [5.74, 6) is 0.623. The highest BCUT2D eigenvalue weighted by atomic mass is 32.2. The van der Waals surface area contributed by atoms with Crippen LogP contribution in [0.5, 0.6) is 0 Å². The van der Waals surface area contributed by atoms with Crippen molar-refractivity contribution in [3.63, 3.8) is 0 Å². The Bertz CT molecular complexity index is 539. The zero-order valence-corrected chi connectivity index (χ0v) is 14.1. The van der Waals surface area contributed by atoms with Crippen LogP contribution in [0.1, 0.15) is 19.3 Å². The van der Waals surface area contributed by atoms with Gasteiger partial charge in [-0.3, -0.25) is 0 Å². The number of anilines is 1. The minimum Gasteiger partial charge on any atom is -0.321 e. The number of nitrogens with zero attached hydrogens (tertiary/aromatic N) is 3. The van der Waals surface area contributed by atoms with Gasteiger partial charge in [0.1, 0.15) is 0 Å². The smallest absolute Gasteiger partial charge is 0.321 e. The van der Waals surface area contributed by atoms with Crippen molar-refractivity contribution in [3.8, 4) is 0 Å². The second-order valence-electron chi connectivity index (χ2n) is 6.23. The fourth-order valence-electron chi connectivity index (χ4n) is 3.63. The molecular weight excluding hydrogens is 296 g/mol. The van der Waals surface area contributed by atoms with Crippen LogP contribution in [0.15, 0.2) is 23.4 Å². The van der Waals surface area contributed by atoms with Crippen molar-refractivity contribution in [2.75, 3.05) is 38.3 Å². The molecular formula is C16H24N4OS. The van der Waals surface area contributed by atoms with Crippen LogP contribution < -0.4 is 5.32 Å². The summed E-state index contributed by atoms with van der Waals surface area (Å²) in [4.78, 5) is 21.4. The Hall–Kier alpha value is -1.27. The van der Waals surface area contributed by atoms with Gasteiger partial charge in [-0.05, 0) is 57.2 Å². The zero-order chi connectivity index (χ0) is 15.5. The van der Waals surface area contributed by atoms with Crippen molar-refractivity contribution >= 4 is 23.5 Å². The number of carbonyl (C=O) groups is 1. The standard InChI is InChI=1S/C16H24N4OS/c1-19-9-6-14-12(11-19)4-3-8-20(14)16(21)18-13-5-7-17-15(10-13)22-2/h5,7,10,12,14H,3-4,6,8-9,11H2,1-2H3,(H,17,18,21)/t12-,14-/m0/s1. The van der Waals surface area contributed by atoms with Crippen LogP contribution in [0.3, 0.4) is 0 Å². The second kappa shape index (κ2) is 6.87. The molecule has 2 atom stereocenters. The van der Waals surface area contributed by atoms with Crippen LogP contribution in [0.25, 0.3) is 0 Å². The lowest BCUT2D eigenvalue weighted by Crippen LogP contribution is -2.56. The number of nitrogens with one attached hydrogen (secondary N) is 1. The van der Waals surface area contributed by atoms with Gasteiger partial charge in [0.2, 0.25) is 0 Å². The highest BCUT2D eigenvalue weighted by molar-refractivity contribution is 7.98. The fraction of sp³-hybridized carbons (Fsp3) is 0.625. The summed E-state index contributed by atoms with van der Waals surface area (Å²) in [6.07, 6.45) is 7.16. The maximum atomic E-state index is 12.7. The normalized spacial score (nSPS) is 25.6. The summed E-state index contributed by atoms with van der Waals surface area (Å²) < 4.78 is 0. The Balaban J connectivity index is 1.68. The molecule has 2 fully saturated rings. The number of fused-ring (bicyclic) bond motifs is 1. The van der Waals surface area contributed by atoms with Gasteiger partial charge >= 0.3 is 6.03 Å². The molecule has 1 aromatic rings. The molecule has 5 nitrogen and oxygen atoms in total. The van der Waals surface area contributed by atoms with Gasteiger partial charge in [-0.2, -0.15) is 0 Å². The van der Waals surface area contributed by atoms with E-state index >= 15 is 0 Å². The number of pyridine rings is 1. The molecule has 2 saturated heterocycles. The summed E-state index contributed by atoms with van der Waals surface area (Å²) >= 11 is 1.58. The van der Waals surface area contributed by atoms with Crippen molar-refractivity contribution < 1.29 is 4.79 Å². The van der Waals surface area contributed by atoms with Gasteiger partial charge < -0.3 is 15.1 Å². The van der Waals surface area contributed by atoms with Crippen molar-refractivity contribution in [2.45, 2.75) is 30.3 Å². The van der Waals surface area contributed by atoms with Gasteiger partial charge in [0, 0.05) is 31.0 Å². The number of hydrogen-bond donors (Lipinski definition) is 1. The fourth-order valence-corrected chi connectivity index (χ4v) is 4.04. The number of aromatic nitrogens is 1. The Morgan fingerprint density at radius 1 is 1.41 bits per heavy atom. The Morgan fingerprint density at radius 2 is 2.27 bits per heavy atom. The molecule has 0 spiro atoms. The van der Waals surface area contributed by atoms with Crippen LogP contribution in [0.2, 0.25) is 0 Å². The monoisotopic (exact) mass is 320 g/mol. The van der Waals surface area contributed by atoms with Crippen molar-refractivity contribution in [1.82, 2.24) is 14.8 Å². The average molecular weight is 320 g/mol. The lowest BCUT2D eigenvalue weighted by atomic mass is 9.84. The Labute approximate surface area is 136 Å². The molecule has 2 aliphatic rings. The van der Waals surface area contributed by atoms with Gasteiger partial charge in [-0.25, -0.2) is 9.78 Å². The molecule has 0 radical (unpaired) electrons. The van der Waals surface area contributed by atoms with E-state index in [1.165, 1.54) is 6.42 Å². The van der Waals surface area contributed by atoms with Crippen LogP contribution in [0, 0.1) is 5.92 Å². The third kappa shape index (κ3) is 3.38. The van der Waals surface area contributed by atoms with E-state index in [0.717, 1.165) is 43.2 Å². The molecule has 0 unspecified atom stereocenters. The summed E-state index contributed by atoms with van der Waals surface area (Å²) in [6.45, 7) is 3.06. The first kappa shape index (κ1) is 15.6. The summed E-state index contributed by atoms with van der Waals surface area (Å²) in [5.41, 5.74) is 0.833. The van der Waals surface area contributed by atoms with Gasteiger partial charge in [0.15, 0.2) is 0 Å². The van der Waals surface area contributed by atoms with E-state index in [-0.39, 0.29) is 6.03 Å². The molecule has 0 aromatic carbocycles. The molecule has 0 bridgehead atoms. The summed E-state index contributed by atoms with van der Waals surface area (Å²) in [6, 6.07) is 4.22. The first-order valence-electron chi connectivity index (χ1n) is 7.93. The van der Waals surface area contributed by atoms with Gasteiger partial charge in [-0.15, -0.1) is 11.8 Å². The molecule has 3 rings (SSSR count). The first-order chi connectivity index (χ1) is 10.7. The van der Waals surface area contributed by atoms with E-state index in [9.17, 15) is 4.79 Å². The number of amides is 2. The maximum Gasteiger partial charge on any atom is 0.322 e. The summed E-state index contributed by atoms with van der Waals surface area (Å²) in [7, 11) is 2.18. The topological polar surface area (TPSA) is 48.5 Å². The predicted octanol–water partition coefficient (Wildman–Crippen LogP) is 2.75. The molecule has 0 aliphatic carbocycles. The van der Waals surface area contributed by atoms with Gasteiger partial charge in [-0.1, -0.05) is 0 Å². The molecule has 6 heteroatoms. The number of hydrogen-bond acceptors (Lipinski definition) is 4. The predicted molar refractivity (Wildman–Crippen MR) is 90.4 cm³/mol. The second-order valence-corrected chi connectivity index (χ2v) is 7.06. The van der Waals surface area contributed by atoms with E-state index in [2.05, 4.69) is 27.1 Å². The summed E-state index contributed by atoms with van der Waals surface area (Å²) in [5, 5.41) is 3.98. The molecule has 120 valence electrons. The molecule has 1 aromatic heterocycles. The lowest BCUT2D eigenvalue weighted by molar-refractivity contribution is 0.0579. The maximum absolute atomic E-state index is 12.7. The number of thioether (sulfide) groups is 1. The van der Waals surface area contributed by atoms with Crippen molar-refractivity contribution in [2.24, 2.45) is 5.92 Å². The molecule has 2 aliphatic heterocycles. The average Bonchev–Trinajstić information content (AvgIpc) is 2.54. The van der Waals surface area contributed by atoms with Crippen LogP contribution in [0.4, 0.5) is 10.5 Å². The number of likely N-dealkylation sites (tertiary alicyclic amines) is 2. The third-order valence-corrected chi connectivity index (χ3v) is 5.37. The minimum atomic E-state index is 0.0394. The SMILES string of the molecule is CSc1cc(NC(=O)N2CCC[C@H]3CN(C)CC[C@@H]32)ccn1. The van der Waals surface area contributed by atoms with E-state index in [4.69, 9.17) is 0 Å². The molecule has 2 amide bonds. The van der Waals surface area contributed by atoms with E-state index in [0.29, 0.717) is 12.0 Å². The van der Waals surface area contributed by atoms with Gasteiger partial charge in [0.25, 0.3) is 0 Å². The van der Waals surface area contributed by atoms with Crippen molar-refractivity contribution in [1.29, 1.82) is 0 Å². The third-order valence-electron chi connectivity index (χ3n) is 4.73. The van der Waals surface area contributed by atoms with E-state index in [1.54, 1.807) is 18.0 Å². The molecule has 0 saturated carbocycles. The van der Waals surface area contributed by atoms with E-state index in [1.807, 2.05) is 18.4 Å². The molecule has 3 heterocycles. The Kier molecular flexibility index (Phi) is 4.88.